The van der Waals surface area contributed by atoms with E-state index in [9.17, 15) is 26.4 Å². The first-order valence-corrected chi connectivity index (χ1v) is 13.8. The van der Waals surface area contributed by atoms with E-state index in [1.807, 2.05) is 30.3 Å². The molecular weight excluding hydrogens is 565 g/mol. The van der Waals surface area contributed by atoms with Gasteiger partial charge in [-0.15, -0.1) is 0 Å². The number of alkyl halides is 3. The van der Waals surface area contributed by atoms with E-state index in [4.69, 9.17) is 26.6 Å². The maximum absolute atomic E-state index is 13.2. The van der Waals surface area contributed by atoms with Gasteiger partial charge in [-0.2, -0.15) is 30.0 Å². The molecule has 0 aromatic heterocycles. The van der Waals surface area contributed by atoms with Gasteiger partial charge in [-0.25, -0.2) is 4.79 Å². The summed E-state index contributed by atoms with van der Waals surface area (Å²) in [5, 5.41) is 0. The Bertz CT molecular complexity index is 1510. The number of hydrogen-bond acceptors (Lipinski definition) is 8. The van der Waals surface area contributed by atoms with E-state index >= 15 is 0 Å². The van der Waals surface area contributed by atoms with Crippen molar-refractivity contribution in [3.63, 3.8) is 0 Å². The Morgan fingerprint density at radius 1 is 0.821 bits per heavy atom. The molecule has 0 bridgehead atoms. The standard InChI is InChI=1S/C24H24O6S.CHF3O3S/c1-24(2,3)29-23(25)19-14-10-15-20(22(19)28-4)30-31(26,27)21-16-9-8-13-18(21)17-11-6-5-7-12-17;2-1(3,4)8(5,6)7/h5-16H,1-4H3;(H,5,6,7). The molecule has 0 saturated carbocycles. The third-order valence-corrected chi connectivity index (χ3v) is 6.41. The number of halogens is 3. The molecular formula is C25H25F3O9S2. The van der Waals surface area contributed by atoms with Crippen LogP contribution in [0.2, 0.25) is 0 Å². The molecule has 0 unspecified atom stereocenters. The number of esters is 1. The fraction of sp³-hybridized carbons (Fsp3) is 0.240. The van der Waals surface area contributed by atoms with E-state index in [2.05, 4.69) is 0 Å². The van der Waals surface area contributed by atoms with Crippen LogP contribution in [0.15, 0.2) is 77.7 Å². The number of hydrogen-bond donors (Lipinski definition) is 1. The van der Waals surface area contributed by atoms with Crippen LogP contribution in [-0.4, -0.2) is 45.6 Å². The Labute approximate surface area is 224 Å². The van der Waals surface area contributed by atoms with Gasteiger partial charge in [0.1, 0.15) is 16.1 Å². The zero-order valence-electron chi connectivity index (χ0n) is 21.1. The van der Waals surface area contributed by atoms with Gasteiger partial charge in [-0.1, -0.05) is 54.6 Å². The first-order chi connectivity index (χ1) is 17.9. The van der Waals surface area contributed by atoms with Gasteiger partial charge in [0.2, 0.25) is 0 Å². The summed E-state index contributed by atoms with van der Waals surface area (Å²) in [6.45, 7) is 5.22. The van der Waals surface area contributed by atoms with Gasteiger partial charge in [-0.3, -0.25) is 4.55 Å². The van der Waals surface area contributed by atoms with E-state index in [0.717, 1.165) is 5.56 Å². The molecule has 0 amide bonds. The average molecular weight is 591 g/mol. The van der Waals surface area contributed by atoms with Crippen molar-refractivity contribution < 1.29 is 53.0 Å². The van der Waals surface area contributed by atoms with Crippen molar-refractivity contribution in [3.05, 3.63) is 78.4 Å². The van der Waals surface area contributed by atoms with Crippen LogP contribution >= 0.6 is 0 Å². The lowest BCUT2D eigenvalue weighted by Crippen LogP contribution is -2.24. The first kappa shape index (κ1) is 31.6. The monoisotopic (exact) mass is 590 g/mol. The van der Waals surface area contributed by atoms with Crippen LogP contribution < -0.4 is 8.92 Å². The zero-order valence-corrected chi connectivity index (χ0v) is 22.7. The Morgan fingerprint density at radius 3 is 1.87 bits per heavy atom. The fourth-order valence-corrected chi connectivity index (χ4v) is 4.15. The van der Waals surface area contributed by atoms with Crippen molar-refractivity contribution in [2.45, 2.75) is 36.8 Å². The summed E-state index contributed by atoms with van der Waals surface area (Å²) in [5.41, 5.74) is -4.95. The second kappa shape index (κ2) is 12.1. The van der Waals surface area contributed by atoms with E-state index in [1.165, 1.54) is 31.4 Å². The first-order valence-electron chi connectivity index (χ1n) is 10.9. The largest absolute Gasteiger partial charge is 0.522 e. The van der Waals surface area contributed by atoms with Crippen LogP contribution in [-0.2, 0) is 25.0 Å². The third-order valence-electron chi connectivity index (χ3n) is 4.54. The van der Waals surface area contributed by atoms with Gasteiger partial charge in [0.25, 0.3) is 0 Å². The maximum Gasteiger partial charge on any atom is 0.522 e. The molecule has 0 heterocycles. The van der Waals surface area contributed by atoms with Crippen molar-refractivity contribution in [1.82, 2.24) is 0 Å². The van der Waals surface area contributed by atoms with E-state index in [1.54, 1.807) is 39.0 Å². The average Bonchev–Trinajstić information content (AvgIpc) is 2.82. The van der Waals surface area contributed by atoms with E-state index in [0.29, 0.717) is 5.56 Å². The van der Waals surface area contributed by atoms with Gasteiger partial charge in [-0.05, 0) is 44.5 Å². The molecule has 3 rings (SSSR count). The summed E-state index contributed by atoms with van der Waals surface area (Å²) >= 11 is 0. The smallest absolute Gasteiger partial charge is 0.492 e. The molecule has 39 heavy (non-hydrogen) atoms. The number of carbonyl (C=O) groups excluding carboxylic acids is 1. The molecule has 212 valence electrons. The van der Waals surface area contributed by atoms with Crippen LogP contribution in [0.25, 0.3) is 11.1 Å². The quantitative estimate of drug-likeness (QED) is 0.171. The van der Waals surface area contributed by atoms with Gasteiger partial charge < -0.3 is 13.7 Å². The summed E-state index contributed by atoms with van der Waals surface area (Å²) in [7, 11) is -8.74. The fourth-order valence-electron chi connectivity index (χ4n) is 2.99. The highest BCUT2D eigenvalue weighted by Gasteiger charge is 2.44. The normalized spacial score (nSPS) is 12.1. The number of para-hydroxylation sites is 1. The lowest BCUT2D eigenvalue weighted by atomic mass is 10.1. The second-order valence-corrected chi connectivity index (χ2v) is 11.6. The number of rotatable bonds is 6. The molecule has 0 spiro atoms. The summed E-state index contributed by atoms with van der Waals surface area (Å²) in [5.74, 6) is -0.761. The molecule has 0 atom stereocenters. The van der Waals surface area contributed by atoms with Crippen molar-refractivity contribution in [3.8, 4) is 22.6 Å². The van der Waals surface area contributed by atoms with Crippen LogP contribution in [0.1, 0.15) is 31.1 Å². The Balaban J connectivity index is 0.000000580. The lowest BCUT2D eigenvalue weighted by molar-refractivity contribution is -0.0510. The van der Waals surface area contributed by atoms with Crippen LogP contribution in [0.5, 0.6) is 11.5 Å². The molecule has 0 aliphatic carbocycles. The summed E-state index contributed by atoms with van der Waals surface area (Å²) in [6, 6.07) is 20.1. The van der Waals surface area contributed by atoms with Crippen LogP contribution in [0.3, 0.4) is 0 Å². The van der Waals surface area contributed by atoms with Gasteiger partial charge in [0.05, 0.1) is 7.11 Å². The van der Waals surface area contributed by atoms with Crippen molar-refractivity contribution in [2.24, 2.45) is 0 Å². The highest BCUT2D eigenvalue weighted by Crippen LogP contribution is 2.36. The predicted octanol–water partition coefficient (Wildman–Crippen LogP) is 5.48. The molecule has 1 N–H and O–H groups in total. The van der Waals surface area contributed by atoms with Crippen molar-refractivity contribution in [1.29, 1.82) is 0 Å². The third kappa shape index (κ3) is 8.70. The molecule has 0 saturated heterocycles. The zero-order chi connectivity index (χ0) is 29.6. The molecule has 9 nitrogen and oxygen atoms in total. The van der Waals surface area contributed by atoms with Gasteiger partial charge >= 0.3 is 31.7 Å². The molecule has 0 radical (unpaired) electrons. The predicted molar refractivity (Wildman–Crippen MR) is 135 cm³/mol. The molecule has 3 aromatic rings. The SMILES string of the molecule is COc1c(OS(=O)(=O)c2ccccc2-c2ccccc2)cccc1C(=O)OC(C)(C)C.O=S(=O)(O)C(F)(F)F. The van der Waals surface area contributed by atoms with Crippen LogP contribution in [0, 0.1) is 0 Å². The van der Waals surface area contributed by atoms with Crippen molar-refractivity contribution in [2.75, 3.05) is 7.11 Å². The minimum absolute atomic E-state index is 0.00549. The number of carbonyl (C=O) groups is 1. The minimum atomic E-state index is -5.84. The summed E-state index contributed by atoms with van der Waals surface area (Å²) in [6.07, 6.45) is 0. The molecule has 14 heteroatoms. The molecule has 3 aromatic carbocycles. The van der Waals surface area contributed by atoms with Crippen LogP contribution in [0.4, 0.5) is 13.2 Å². The molecule has 0 fully saturated rings. The Kier molecular flexibility index (Phi) is 9.76. The highest BCUT2D eigenvalue weighted by atomic mass is 32.2. The van der Waals surface area contributed by atoms with Gasteiger partial charge in [0, 0.05) is 5.56 Å². The highest BCUT2D eigenvalue weighted by molar-refractivity contribution is 7.87. The molecule has 0 aliphatic rings. The topological polar surface area (TPSA) is 133 Å². The Morgan fingerprint density at radius 2 is 1.36 bits per heavy atom. The lowest BCUT2D eigenvalue weighted by Gasteiger charge is -2.21. The second-order valence-electron chi connectivity index (χ2n) is 8.66. The number of methoxy groups -OCH3 is 1. The van der Waals surface area contributed by atoms with Gasteiger partial charge in [0.15, 0.2) is 11.5 Å². The number of benzene rings is 3. The summed E-state index contributed by atoms with van der Waals surface area (Å²) in [4.78, 5) is 12.6. The maximum atomic E-state index is 13.2. The minimum Gasteiger partial charge on any atom is -0.492 e. The summed E-state index contributed by atoms with van der Waals surface area (Å²) < 4.78 is 100. The Hall–Kier alpha value is -3.62. The van der Waals surface area contributed by atoms with E-state index < -0.39 is 37.3 Å². The van der Waals surface area contributed by atoms with Crippen molar-refractivity contribution >= 4 is 26.2 Å². The number of ether oxygens (including phenoxy) is 2. The molecule has 0 aliphatic heterocycles. The van der Waals surface area contributed by atoms with E-state index in [-0.39, 0.29) is 22.0 Å².